The maximum absolute atomic E-state index is 13.5. The third-order valence-corrected chi connectivity index (χ3v) is 5.20. The van der Waals surface area contributed by atoms with Crippen LogP contribution in [-0.2, 0) is 20.9 Å². The molecule has 3 amide bonds. The Labute approximate surface area is 151 Å². The number of benzene rings is 1. The van der Waals surface area contributed by atoms with E-state index in [-0.39, 0.29) is 30.4 Å². The molecule has 3 rings (SSSR count). The fraction of sp³-hybridized carbons (Fsp3) is 0.421. The van der Waals surface area contributed by atoms with Crippen LogP contribution in [0.2, 0.25) is 0 Å². The van der Waals surface area contributed by atoms with Crippen molar-refractivity contribution in [3.63, 3.8) is 0 Å². The highest BCUT2D eigenvalue weighted by atomic mass is 19.1. The molecule has 1 aliphatic carbocycles. The second-order valence-electron chi connectivity index (χ2n) is 7.06. The Hall–Kier alpha value is -2.70. The zero-order chi connectivity index (χ0) is 19.1. The number of hydrogen-bond acceptors (Lipinski definition) is 3. The van der Waals surface area contributed by atoms with E-state index in [1.54, 1.807) is 19.1 Å². The monoisotopic (exact) mass is 359 g/mol. The van der Waals surface area contributed by atoms with Gasteiger partial charge in [-0.3, -0.25) is 14.4 Å². The number of carbonyl (C=O) groups is 3. The molecule has 3 N–H and O–H groups in total. The highest BCUT2D eigenvalue weighted by Gasteiger charge is 2.53. The summed E-state index contributed by atoms with van der Waals surface area (Å²) in [4.78, 5) is 38.7. The molecule has 2 aliphatic rings. The first-order valence-electron chi connectivity index (χ1n) is 8.57. The van der Waals surface area contributed by atoms with Crippen LogP contribution < -0.4 is 11.1 Å². The second kappa shape index (κ2) is 6.55. The van der Waals surface area contributed by atoms with Crippen LogP contribution in [0.25, 0.3) is 0 Å². The number of hydrogen-bond donors (Lipinski definition) is 2. The molecule has 1 atom stereocenters. The van der Waals surface area contributed by atoms with E-state index in [1.807, 2.05) is 0 Å². The molecule has 1 aromatic carbocycles. The predicted molar refractivity (Wildman–Crippen MR) is 93.1 cm³/mol. The summed E-state index contributed by atoms with van der Waals surface area (Å²) in [6, 6.07) is 4.59. The number of likely N-dealkylation sites (N-methyl/N-ethyl adjacent to an activating group) is 1. The van der Waals surface area contributed by atoms with Crippen molar-refractivity contribution in [1.29, 1.82) is 0 Å². The minimum atomic E-state index is -1.04. The van der Waals surface area contributed by atoms with E-state index in [0.717, 1.165) is 18.4 Å². The van der Waals surface area contributed by atoms with Gasteiger partial charge < -0.3 is 16.0 Å². The van der Waals surface area contributed by atoms with Gasteiger partial charge in [-0.2, -0.15) is 0 Å². The molecule has 0 spiro atoms. The van der Waals surface area contributed by atoms with Crippen molar-refractivity contribution in [2.45, 2.75) is 26.3 Å². The first kappa shape index (κ1) is 18.1. The molecule has 1 aliphatic heterocycles. The number of carbonyl (C=O) groups excluding carboxylic acids is 3. The largest absolute Gasteiger partial charge is 0.369 e. The second-order valence-corrected chi connectivity index (χ2v) is 7.06. The highest BCUT2D eigenvalue weighted by molar-refractivity contribution is 6.19. The fourth-order valence-electron chi connectivity index (χ4n) is 3.57. The Bertz CT molecular complexity index is 816. The van der Waals surface area contributed by atoms with Crippen molar-refractivity contribution in [2.24, 2.45) is 17.1 Å². The van der Waals surface area contributed by atoms with Crippen molar-refractivity contribution in [3.05, 3.63) is 46.8 Å². The van der Waals surface area contributed by atoms with Crippen LogP contribution in [0, 0.1) is 24.1 Å². The number of nitrogens with one attached hydrogen (secondary N) is 1. The summed E-state index contributed by atoms with van der Waals surface area (Å²) >= 11 is 0. The van der Waals surface area contributed by atoms with E-state index in [1.165, 1.54) is 24.1 Å². The minimum Gasteiger partial charge on any atom is -0.369 e. The van der Waals surface area contributed by atoms with Crippen LogP contribution in [0.4, 0.5) is 4.39 Å². The van der Waals surface area contributed by atoms with Crippen molar-refractivity contribution in [1.82, 2.24) is 10.2 Å². The number of amides is 3. The SMILES string of the molecule is CNC(=O)C1=CC(C(N)=O)(C2CC2)CN(Cc2ccc(F)c(C)c2)C1=O. The molecular formula is C19H22FN3O3. The van der Waals surface area contributed by atoms with Crippen LogP contribution in [0.15, 0.2) is 29.8 Å². The van der Waals surface area contributed by atoms with Gasteiger partial charge in [-0.25, -0.2) is 4.39 Å². The van der Waals surface area contributed by atoms with Gasteiger partial charge in [0, 0.05) is 20.1 Å². The van der Waals surface area contributed by atoms with Crippen molar-refractivity contribution in [3.8, 4) is 0 Å². The third kappa shape index (κ3) is 3.09. The molecule has 7 heteroatoms. The quantitative estimate of drug-likeness (QED) is 0.769. The molecule has 1 heterocycles. The van der Waals surface area contributed by atoms with Gasteiger partial charge in [0.25, 0.3) is 11.8 Å². The Morgan fingerprint density at radius 3 is 2.62 bits per heavy atom. The van der Waals surface area contributed by atoms with Crippen LogP contribution >= 0.6 is 0 Å². The molecule has 1 fully saturated rings. The lowest BCUT2D eigenvalue weighted by Gasteiger charge is -2.39. The topological polar surface area (TPSA) is 92.5 Å². The van der Waals surface area contributed by atoms with Gasteiger partial charge in [-0.05, 0) is 49.0 Å². The normalized spacial score (nSPS) is 22.8. The summed E-state index contributed by atoms with van der Waals surface area (Å²) in [7, 11) is 1.43. The molecular weight excluding hydrogens is 337 g/mol. The third-order valence-electron chi connectivity index (χ3n) is 5.20. The lowest BCUT2D eigenvalue weighted by Crippen LogP contribution is -2.53. The number of rotatable bonds is 5. The molecule has 0 saturated heterocycles. The van der Waals surface area contributed by atoms with E-state index >= 15 is 0 Å². The van der Waals surface area contributed by atoms with E-state index in [9.17, 15) is 18.8 Å². The maximum atomic E-state index is 13.5. The van der Waals surface area contributed by atoms with Gasteiger partial charge in [0.15, 0.2) is 0 Å². The summed E-state index contributed by atoms with van der Waals surface area (Å²) in [5.74, 6) is -1.82. The van der Waals surface area contributed by atoms with Gasteiger partial charge >= 0.3 is 0 Å². The van der Waals surface area contributed by atoms with Crippen LogP contribution in [0.3, 0.4) is 0 Å². The van der Waals surface area contributed by atoms with Crippen molar-refractivity contribution < 1.29 is 18.8 Å². The highest BCUT2D eigenvalue weighted by Crippen LogP contribution is 2.49. The molecule has 1 unspecified atom stereocenters. The van der Waals surface area contributed by atoms with E-state index in [2.05, 4.69) is 5.32 Å². The van der Waals surface area contributed by atoms with Crippen molar-refractivity contribution in [2.75, 3.05) is 13.6 Å². The van der Waals surface area contributed by atoms with Gasteiger partial charge in [0.1, 0.15) is 11.4 Å². The molecule has 6 nitrogen and oxygen atoms in total. The average molecular weight is 359 g/mol. The zero-order valence-electron chi connectivity index (χ0n) is 14.8. The Kier molecular flexibility index (Phi) is 4.56. The lowest BCUT2D eigenvalue weighted by atomic mass is 9.76. The molecule has 26 heavy (non-hydrogen) atoms. The van der Waals surface area contributed by atoms with E-state index < -0.39 is 23.1 Å². The van der Waals surface area contributed by atoms with Crippen LogP contribution in [-0.4, -0.2) is 36.2 Å². The summed E-state index contributed by atoms with van der Waals surface area (Å²) in [5, 5.41) is 2.45. The number of halogens is 1. The number of nitrogens with zero attached hydrogens (tertiary/aromatic N) is 1. The molecule has 1 saturated carbocycles. The predicted octanol–water partition coefficient (Wildman–Crippen LogP) is 1.03. The van der Waals surface area contributed by atoms with Crippen molar-refractivity contribution >= 4 is 17.7 Å². The Balaban J connectivity index is 1.99. The number of aryl methyl sites for hydroxylation is 1. The fourth-order valence-corrected chi connectivity index (χ4v) is 3.57. The van der Waals surface area contributed by atoms with Gasteiger partial charge in [-0.1, -0.05) is 12.1 Å². The lowest BCUT2D eigenvalue weighted by molar-refractivity contribution is -0.137. The molecule has 0 bridgehead atoms. The number of primary amides is 1. The summed E-state index contributed by atoms with van der Waals surface area (Å²) < 4.78 is 13.5. The Morgan fingerprint density at radius 1 is 1.38 bits per heavy atom. The number of nitrogens with two attached hydrogens (primary N) is 1. The standard InChI is InChI=1S/C19H22FN3O3/c1-11-7-12(3-6-15(11)20)9-23-10-19(18(21)26,13-4-5-13)8-14(17(23)25)16(24)22-2/h3,6-8,13H,4-5,9-10H2,1-2H3,(H2,21,26)(H,22,24). The molecule has 0 aromatic heterocycles. The van der Waals surface area contributed by atoms with E-state index in [4.69, 9.17) is 5.73 Å². The summed E-state index contributed by atoms with van der Waals surface area (Å²) in [6.07, 6.45) is 3.12. The summed E-state index contributed by atoms with van der Waals surface area (Å²) in [6.45, 7) is 1.95. The summed E-state index contributed by atoms with van der Waals surface area (Å²) in [5.41, 5.74) is 5.78. The maximum Gasteiger partial charge on any atom is 0.259 e. The molecule has 1 aromatic rings. The van der Waals surface area contributed by atoms with Crippen LogP contribution in [0.1, 0.15) is 24.0 Å². The van der Waals surface area contributed by atoms with E-state index in [0.29, 0.717) is 5.56 Å². The Morgan fingerprint density at radius 2 is 2.08 bits per heavy atom. The van der Waals surface area contributed by atoms with Gasteiger partial charge in [-0.15, -0.1) is 0 Å². The first-order valence-corrected chi connectivity index (χ1v) is 8.57. The van der Waals surface area contributed by atoms with Gasteiger partial charge in [0.05, 0.1) is 5.41 Å². The molecule has 0 radical (unpaired) electrons. The van der Waals surface area contributed by atoms with Gasteiger partial charge in [0.2, 0.25) is 5.91 Å². The minimum absolute atomic E-state index is 0.0326. The first-order chi connectivity index (χ1) is 12.3. The smallest absolute Gasteiger partial charge is 0.259 e. The average Bonchev–Trinajstić information content (AvgIpc) is 3.44. The molecule has 138 valence electrons. The zero-order valence-corrected chi connectivity index (χ0v) is 14.8. The van der Waals surface area contributed by atoms with Crippen LogP contribution in [0.5, 0.6) is 0 Å².